The topological polar surface area (TPSA) is 105 Å². The van der Waals surface area contributed by atoms with Gasteiger partial charge in [0.25, 0.3) is 10.0 Å². The summed E-state index contributed by atoms with van der Waals surface area (Å²) in [7, 11) is -1.31. The number of hydrogen-bond donors (Lipinski definition) is 1. The molecular formula is C31H39N3O6S. The maximum atomic E-state index is 14.1. The van der Waals surface area contributed by atoms with Crippen molar-refractivity contribution in [2.75, 3.05) is 31.6 Å². The Kier molecular flexibility index (Phi) is 10.8. The minimum absolute atomic E-state index is 0.0230. The van der Waals surface area contributed by atoms with Crippen molar-refractivity contribution in [3.8, 4) is 11.5 Å². The maximum absolute atomic E-state index is 14.1. The number of sulfonamides is 1. The van der Waals surface area contributed by atoms with Gasteiger partial charge >= 0.3 is 0 Å². The van der Waals surface area contributed by atoms with Gasteiger partial charge < -0.3 is 19.7 Å². The summed E-state index contributed by atoms with van der Waals surface area (Å²) in [4.78, 5) is 28.6. The number of methoxy groups -OCH3 is 2. The average molecular weight is 582 g/mol. The van der Waals surface area contributed by atoms with Crippen molar-refractivity contribution in [3.63, 3.8) is 0 Å². The van der Waals surface area contributed by atoms with Crippen LogP contribution < -0.4 is 19.1 Å². The van der Waals surface area contributed by atoms with Gasteiger partial charge in [-0.05, 0) is 67.3 Å². The van der Waals surface area contributed by atoms with Crippen LogP contribution in [0.25, 0.3) is 0 Å². The van der Waals surface area contributed by atoms with Crippen LogP contribution in [-0.4, -0.2) is 58.5 Å². The van der Waals surface area contributed by atoms with Gasteiger partial charge in [0.1, 0.15) is 24.1 Å². The second-order valence-corrected chi connectivity index (χ2v) is 12.0. The number of anilines is 1. The third-order valence-electron chi connectivity index (χ3n) is 6.73. The second kappa shape index (κ2) is 14.0. The van der Waals surface area contributed by atoms with Crippen LogP contribution in [0.4, 0.5) is 5.69 Å². The Morgan fingerprint density at radius 3 is 2.12 bits per heavy atom. The normalized spacial score (nSPS) is 12.0. The van der Waals surface area contributed by atoms with Crippen LogP contribution >= 0.6 is 0 Å². The molecule has 3 aromatic carbocycles. The monoisotopic (exact) mass is 581 g/mol. The van der Waals surface area contributed by atoms with Crippen molar-refractivity contribution in [1.29, 1.82) is 0 Å². The molecule has 1 N–H and O–H groups in total. The van der Waals surface area contributed by atoms with Crippen LogP contribution in [0.5, 0.6) is 11.5 Å². The first kappa shape index (κ1) is 31.5. The zero-order chi connectivity index (χ0) is 30.2. The summed E-state index contributed by atoms with van der Waals surface area (Å²) in [6.07, 6.45) is 0. The molecule has 0 aliphatic carbocycles. The van der Waals surface area contributed by atoms with Crippen LogP contribution in [0.1, 0.15) is 31.9 Å². The summed E-state index contributed by atoms with van der Waals surface area (Å²) in [6.45, 7) is 7.57. The number of benzene rings is 3. The predicted molar refractivity (Wildman–Crippen MR) is 160 cm³/mol. The number of amides is 2. The average Bonchev–Trinajstić information content (AvgIpc) is 2.97. The molecule has 0 bridgehead atoms. The molecule has 3 aromatic rings. The molecule has 0 fully saturated rings. The van der Waals surface area contributed by atoms with Gasteiger partial charge in [0.15, 0.2) is 0 Å². The van der Waals surface area contributed by atoms with Gasteiger partial charge in [-0.2, -0.15) is 0 Å². The lowest BCUT2D eigenvalue weighted by Gasteiger charge is -2.32. The van der Waals surface area contributed by atoms with Gasteiger partial charge in [-0.3, -0.25) is 13.9 Å². The van der Waals surface area contributed by atoms with Gasteiger partial charge in [-0.1, -0.05) is 50.2 Å². The number of carbonyl (C=O) groups excluding carboxylic acids is 2. The fourth-order valence-corrected chi connectivity index (χ4v) is 5.65. The number of ether oxygens (including phenoxy) is 2. The summed E-state index contributed by atoms with van der Waals surface area (Å²) >= 11 is 0. The molecule has 0 saturated heterocycles. The van der Waals surface area contributed by atoms with Gasteiger partial charge in [0.2, 0.25) is 11.8 Å². The fraction of sp³-hybridized carbons (Fsp3) is 0.355. The first-order chi connectivity index (χ1) is 19.5. The Balaban J connectivity index is 2.06. The lowest BCUT2D eigenvalue weighted by molar-refractivity contribution is -0.139. The van der Waals surface area contributed by atoms with Gasteiger partial charge in [-0.25, -0.2) is 8.42 Å². The Morgan fingerprint density at radius 2 is 1.51 bits per heavy atom. The minimum atomic E-state index is -4.24. The molecule has 10 heteroatoms. The van der Waals surface area contributed by atoms with E-state index in [1.807, 2.05) is 45.0 Å². The molecule has 2 amide bonds. The smallest absolute Gasteiger partial charge is 0.264 e. The van der Waals surface area contributed by atoms with Crippen LogP contribution in [-0.2, 0) is 26.2 Å². The van der Waals surface area contributed by atoms with E-state index in [0.717, 1.165) is 15.4 Å². The molecule has 0 heterocycles. The molecule has 0 saturated carbocycles. The Bertz CT molecular complexity index is 1440. The fourth-order valence-electron chi connectivity index (χ4n) is 4.23. The van der Waals surface area contributed by atoms with E-state index in [1.54, 1.807) is 43.3 Å². The van der Waals surface area contributed by atoms with Gasteiger partial charge in [0, 0.05) is 13.1 Å². The van der Waals surface area contributed by atoms with Crippen LogP contribution in [0, 0.1) is 12.8 Å². The highest BCUT2D eigenvalue weighted by Crippen LogP contribution is 2.33. The third kappa shape index (κ3) is 7.79. The summed E-state index contributed by atoms with van der Waals surface area (Å²) in [5.41, 5.74) is 2.01. The molecule has 1 atom stereocenters. The molecule has 3 rings (SSSR count). The number of nitrogens with one attached hydrogen (secondary N) is 1. The Hall–Kier alpha value is -4.05. The first-order valence-corrected chi connectivity index (χ1v) is 14.8. The van der Waals surface area contributed by atoms with Crippen LogP contribution in [0.3, 0.4) is 0 Å². The standard InChI is InChI=1S/C31H39N3O6S/c1-22(2)19-32-31(36)24(4)33(20-25-12-8-7-11-23(25)3)30(35)21-34(28-13-9-10-14-29(28)40-6)41(37,38)27-17-15-26(39-5)16-18-27/h7-18,22,24H,19-21H2,1-6H3,(H,32,36). The van der Waals surface area contributed by atoms with Crippen molar-refractivity contribution < 1.29 is 27.5 Å². The summed E-state index contributed by atoms with van der Waals surface area (Å²) in [6, 6.07) is 19.3. The highest BCUT2D eigenvalue weighted by molar-refractivity contribution is 7.92. The second-order valence-electron chi connectivity index (χ2n) is 10.1. The minimum Gasteiger partial charge on any atom is -0.497 e. The molecule has 9 nitrogen and oxygen atoms in total. The van der Waals surface area contributed by atoms with Gasteiger partial charge in [0.05, 0.1) is 24.8 Å². The van der Waals surface area contributed by atoms with E-state index in [-0.39, 0.29) is 34.7 Å². The van der Waals surface area contributed by atoms with Crippen LogP contribution in [0.15, 0.2) is 77.7 Å². The van der Waals surface area contributed by atoms with E-state index in [9.17, 15) is 18.0 Å². The van der Waals surface area contributed by atoms with E-state index in [1.165, 1.54) is 31.3 Å². The van der Waals surface area contributed by atoms with E-state index in [0.29, 0.717) is 12.3 Å². The molecular weight excluding hydrogens is 542 g/mol. The molecule has 1 unspecified atom stereocenters. The van der Waals surface area contributed by atoms with E-state index in [2.05, 4.69) is 5.32 Å². The van der Waals surface area contributed by atoms with E-state index in [4.69, 9.17) is 9.47 Å². The summed E-state index contributed by atoms with van der Waals surface area (Å²) < 4.78 is 39.7. The quantitative estimate of drug-likeness (QED) is 0.321. The zero-order valence-electron chi connectivity index (χ0n) is 24.5. The lowest BCUT2D eigenvalue weighted by atomic mass is 10.1. The SMILES string of the molecule is COc1ccc(S(=O)(=O)N(CC(=O)N(Cc2ccccc2C)C(C)C(=O)NCC(C)C)c2ccccc2OC)cc1. The van der Waals surface area contributed by atoms with E-state index >= 15 is 0 Å². The number of nitrogens with zero attached hydrogens (tertiary/aromatic N) is 2. The summed E-state index contributed by atoms with van der Waals surface area (Å²) in [5.74, 6) is 0.147. The highest BCUT2D eigenvalue weighted by Gasteiger charge is 2.34. The van der Waals surface area contributed by atoms with Crippen LogP contribution in [0.2, 0.25) is 0 Å². The maximum Gasteiger partial charge on any atom is 0.264 e. The molecule has 0 aromatic heterocycles. The van der Waals surface area contributed by atoms with Crippen molar-refractivity contribution in [1.82, 2.24) is 10.2 Å². The number of hydrogen-bond acceptors (Lipinski definition) is 6. The number of carbonyl (C=O) groups is 2. The van der Waals surface area contributed by atoms with Crippen molar-refractivity contribution in [3.05, 3.63) is 83.9 Å². The third-order valence-corrected chi connectivity index (χ3v) is 8.51. The van der Waals surface area contributed by atoms with E-state index < -0.39 is 28.5 Å². The number of aryl methyl sites for hydroxylation is 1. The first-order valence-electron chi connectivity index (χ1n) is 13.4. The molecule has 0 radical (unpaired) electrons. The van der Waals surface area contributed by atoms with Crippen molar-refractivity contribution >= 4 is 27.5 Å². The number of rotatable bonds is 13. The molecule has 0 spiro atoms. The van der Waals surface area contributed by atoms with Crippen molar-refractivity contribution in [2.45, 2.75) is 45.2 Å². The summed E-state index contributed by atoms with van der Waals surface area (Å²) in [5, 5.41) is 2.89. The predicted octanol–water partition coefficient (Wildman–Crippen LogP) is 4.40. The zero-order valence-corrected chi connectivity index (χ0v) is 25.3. The van der Waals surface area contributed by atoms with Crippen molar-refractivity contribution in [2.24, 2.45) is 5.92 Å². The molecule has 0 aliphatic rings. The molecule has 41 heavy (non-hydrogen) atoms. The molecule has 0 aliphatic heterocycles. The Morgan fingerprint density at radius 1 is 0.878 bits per heavy atom. The van der Waals surface area contributed by atoms with Gasteiger partial charge in [-0.15, -0.1) is 0 Å². The highest BCUT2D eigenvalue weighted by atomic mass is 32.2. The molecule has 220 valence electrons. The number of para-hydroxylation sites is 2. The largest absolute Gasteiger partial charge is 0.497 e. The lowest BCUT2D eigenvalue weighted by Crippen LogP contribution is -2.51. The Labute approximate surface area is 243 Å².